The second-order valence-electron chi connectivity index (χ2n) is 11.4. The van der Waals surface area contributed by atoms with Gasteiger partial charge in [0, 0.05) is 47.5 Å². The van der Waals surface area contributed by atoms with Crippen molar-refractivity contribution in [3.63, 3.8) is 0 Å². The zero-order chi connectivity index (χ0) is 33.1. The van der Waals surface area contributed by atoms with E-state index in [0.717, 1.165) is 0 Å². The molecule has 0 saturated carbocycles. The van der Waals surface area contributed by atoms with E-state index in [1.807, 2.05) is 20.8 Å². The van der Waals surface area contributed by atoms with Crippen molar-refractivity contribution in [1.29, 1.82) is 0 Å². The Morgan fingerprint density at radius 3 is 2.25 bits per heavy atom. The van der Waals surface area contributed by atoms with Crippen LogP contribution in [0.2, 0.25) is 0 Å². The topological polar surface area (TPSA) is 202 Å². The third-order valence-corrected chi connectivity index (χ3v) is 9.62. The summed E-state index contributed by atoms with van der Waals surface area (Å²) in [6, 6.07) is 4.20. The van der Waals surface area contributed by atoms with E-state index < -0.39 is 48.8 Å². The summed E-state index contributed by atoms with van der Waals surface area (Å²) in [4.78, 5) is 22.5. The molecule has 15 heteroatoms. The maximum absolute atomic E-state index is 11.8. The molecular weight excluding hydrogens is 614 g/mol. The molecule has 0 spiro atoms. The third kappa shape index (κ3) is 8.08. The van der Waals surface area contributed by atoms with Crippen LogP contribution in [0.1, 0.15) is 58.9 Å². The fourth-order valence-electron chi connectivity index (χ4n) is 5.44. The third-order valence-electron chi connectivity index (χ3n) is 7.96. The Morgan fingerprint density at radius 1 is 1.00 bits per heavy atom. The second-order valence-corrected chi connectivity index (χ2v) is 14.4. The van der Waals surface area contributed by atoms with Crippen LogP contribution in [0.5, 0.6) is 0 Å². The number of allylic oxidation sites excluding steroid dienone is 6. The summed E-state index contributed by atoms with van der Waals surface area (Å²) in [7, 11) is -8.61. The molecule has 0 aromatic heterocycles. The van der Waals surface area contributed by atoms with Crippen LogP contribution < -0.4 is 0 Å². The Morgan fingerprint density at radius 2 is 1.66 bits per heavy atom. The maximum atomic E-state index is 11.8. The van der Waals surface area contributed by atoms with Crippen molar-refractivity contribution in [3.05, 3.63) is 59.8 Å². The van der Waals surface area contributed by atoms with Gasteiger partial charge in [0.05, 0.1) is 16.1 Å². The lowest BCUT2D eigenvalue weighted by Gasteiger charge is -2.28. The molecule has 2 aliphatic heterocycles. The van der Waals surface area contributed by atoms with Crippen molar-refractivity contribution >= 4 is 49.3 Å². The first-order valence-corrected chi connectivity index (χ1v) is 16.9. The minimum atomic E-state index is -4.45. The molecule has 0 aliphatic carbocycles. The first-order chi connectivity index (χ1) is 20.3. The highest BCUT2D eigenvalue weighted by Gasteiger charge is 2.45. The van der Waals surface area contributed by atoms with Crippen molar-refractivity contribution in [2.45, 2.75) is 63.7 Å². The number of hydrazone groups is 1. The van der Waals surface area contributed by atoms with Gasteiger partial charge in [-0.3, -0.25) is 23.7 Å². The van der Waals surface area contributed by atoms with Crippen LogP contribution >= 0.6 is 0 Å². The molecule has 44 heavy (non-hydrogen) atoms. The van der Waals surface area contributed by atoms with Gasteiger partial charge < -0.3 is 10.2 Å². The van der Waals surface area contributed by atoms with Crippen molar-refractivity contribution in [2.75, 3.05) is 18.8 Å². The fourth-order valence-corrected chi connectivity index (χ4v) is 6.44. The first-order valence-electron chi connectivity index (χ1n) is 13.8. The first kappa shape index (κ1) is 34.8. The van der Waals surface area contributed by atoms with E-state index in [0.29, 0.717) is 28.4 Å². The van der Waals surface area contributed by atoms with Crippen LogP contribution in [0.3, 0.4) is 0 Å². The average molecular weight is 653 g/mol. The molecule has 0 bridgehead atoms. The number of carboxylic acids is 2. The fraction of sp³-hybridized carbons (Fsp3) is 0.448. The SMILES string of the molecule is CC1=NN(CCCS(=O)(=O)O)/C(=C/C=C/C=C/C2=[N+](CCC(=O)O)c3ccc(S(=O)(=O)O)cc3C2(C)C)C1(C)CCC(=O)O. The van der Waals surface area contributed by atoms with E-state index >= 15 is 0 Å². The maximum Gasteiger partial charge on any atom is 0.309 e. The molecule has 0 radical (unpaired) electrons. The van der Waals surface area contributed by atoms with E-state index in [4.69, 9.17) is 4.55 Å². The quantitative estimate of drug-likeness (QED) is 0.130. The summed E-state index contributed by atoms with van der Waals surface area (Å²) in [6.45, 7) is 7.68. The Hall–Kier alpha value is -3.66. The molecule has 240 valence electrons. The van der Waals surface area contributed by atoms with Gasteiger partial charge in [-0.25, -0.2) is 0 Å². The summed E-state index contributed by atoms with van der Waals surface area (Å²) in [5.41, 5.74) is 1.80. The zero-order valence-corrected chi connectivity index (χ0v) is 26.6. The lowest BCUT2D eigenvalue weighted by Crippen LogP contribution is -2.29. The highest BCUT2D eigenvalue weighted by molar-refractivity contribution is 7.86. The van der Waals surface area contributed by atoms with E-state index in [1.165, 1.54) is 12.1 Å². The molecule has 0 saturated heterocycles. The van der Waals surface area contributed by atoms with Crippen molar-refractivity contribution in [2.24, 2.45) is 10.5 Å². The Labute approximate surface area is 257 Å². The van der Waals surface area contributed by atoms with Crippen LogP contribution in [0.25, 0.3) is 0 Å². The highest BCUT2D eigenvalue weighted by atomic mass is 32.2. The largest absolute Gasteiger partial charge is 0.481 e. The summed E-state index contributed by atoms with van der Waals surface area (Å²) in [5.74, 6) is -2.41. The van der Waals surface area contributed by atoms with Gasteiger partial charge in [0.2, 0.25) is 5.69 Å². The van der Waals surface area contributed by atoms with Crippen molar-refractivity contribution in [3.8, 4) is 0 Å². The molecule has 1 unspecified atom stereocenters. The highest BCUT2D eigenvalue weighted by Crippen LogP contribution is 2.42. The van der Waals surface area contributed by atoms with Crippen molar-refractivity contribution < 1.29 is 50.3 Å². The summed E-state index contributed by atoms with van der Waals surface area (Å²) in [5, 5.41) is 24.7. The van der Waals surface area contributed by atoms with Gasteiger partial charge in [-0.2, -0.15) is 26.5 Å². The lowest BCUT2D eigenvalue weighted by molar-refractivity contribution is -0.436. The average Bonchev–Trinajstić information content (AvgIpc) is 3.25. The summed E-state index contributed by atoms with van der Waals surface area (Å²) < 4.78 is 66.5. The number of carbonyl (C=O) groups is 2. The van der Waals surface area contributed by atoms with Gasteiger partial charge in [-0.15, -0.1) is 0 Å². The van der Waals surface area contributed by atoms with Crippen LogP contribution in [0, 0.1) is 5.41 Å². The van der Waals surface area contributed by atoms with Gasteiger partial charge >= 0.3 is 11.9 Å². The number of aliphatic carboxylic acids is 2. The number of hydrogen-bond donors (Lipinski definition) is 4. The second kappa shape index (κ2) is 13.1. The van der Waals surface area contributed by atoms with Crippen LogP contribution in [0.4, 0.5) is 5.69 Å². The van der Waals surface area contributed by atoms with Crippen LogP contribution in [0.15, 0.2) is 64.3 Å². The Bertz CT molecular complexity index is 1700. The molecule has 1 aromatic rings. The molecule has 2 heterocycles. The van der Waals surface area contributed by atoms with Gasteiger partial charge in [-0.05, 0) is 58.7 Å². The van der Waals surface area contributed by atoms with Gasteiger partial charge in [0.15, 0.2) is 12.3 Å². The van der Waals surface area contributed by atoms with Crippen molar-refractivity contribution in [1.82, 2.24) is 5.01 Å². The van der Waals surface area contributed by atoms with Gasteiger partial charge in [-0.1, -0.05) is 18.2 Å². The van der Waals surface area contributed by atoms with E-state index in [2.05, 4.69) is 5.10 Å². The molecule has 13 nitrogen and oxygen atoms in total. The predicted octanol–water partition coefficient (Wildman–Crippen LogP) is 3.62. The number of nitrogens with zero attached hydrogens (tertiary/aromatic N) is 3. The molecular formula is C29H38N3O10S2+. The minimum absolute atomic E-state index is 0.102. The van der Waals surface area contributed by atoms with Crippen LogP contribution in [-0.4, -0.2) is 87.9 Å². The normalized spacial score (nSPS) is 21.1. The molecule has 1 atom stereocenters. The van der Waals surface area contributed by atoms with Crippen LogP contribution in [-0.2, 0) is 35.2 Å². The molecule has 2 aliphatic rings. The molecule has 0 amide bonds. The van der Waals surface area contributed by atoms with E-state index in [9.17, 15) is 41.2 Å². The number of rotatable bonds is 14. The minimum Gasteiger partial charge on any atom is -0.481 e. The van der Waals surface area contributed by atoms with E-state index in [1.54, 1.807) is 53.0 Å². The Balaban J connectivity index is 1.96. The molecule has 1 aromatic carbocycles. The molecule has 4 N–H and O–H groups in total. The predicted molar refractivity (Wildman–Crippen MR) is 164 cm³/mol. The monoisotopic (exact) mass is 652 g/mol. The lowest BCUT2D eigenvalue weighted by atomic mass is 9.78. The standard InChI is InChI=1S/C29H37N3O10S2/c1-20-29(4,15-13-26(33)34)25(32(30-20)16-8-18-43(37,38)39)10-7-5-6-9-24-28(2,3)22-19-21(44(40,41)42)11-12-23(22)31(24)17-14-27(35)36/h5-7,9-12,19H,8,13-18H2,1-4H3,(H3-,33,34,35,36,37,38,39,40,41,42)/p+1. The number of carboxylic acid groups (broad SMARTS) is 2. The molecule has 3 rings (SSSR count). The summed E-state index contributed by atoms with van der Waals surface area (Å²) in [6.07, 6.45) is 8.81. The smallest absolute Gasteiger partial charge is 0.309 e. The number of fused-ring (bicyclic) bond motifs is 1. The van der Waals surface area contributed by atoms with Gasteiger partial charge in [0.1, 0.15) is 6.42 Å². The van der Waals surface area contributed by atoms with E-state index in [-0.39, 0.29) is 43.7 Å². The van der Waals surface area contributed by atoms with Gasteiger partial charge in [0.25, 0.3) is 20.2 Å². The zero-order valence-electron chi connectivity index (χ0n) is 25.0. The molecule has 0 fully saturated rings. The summed E-state index contributed by atoms with van der Waals surface area (Å²) >= 11 is 0. The number of hydrogen-bond acceptors (Lipinski definition) is 8. The Kier molecular flexibility index (Phi) is 10.4. The number of benzene rings is 1.